The molecule has 1 aliphatic rings. The van der Waals surface area contributed by atoms with Gasteiger partial charge in [-0.15, -0.1) is 0 Å². The molecular weight excluding hydrogens is 252 g/mol. The van der Waals surface area contributed by atoms with Crippen LogP contribution in [0.3, 0.4) is 0 Å². The summed E-state index contributed by atoms with van der Waals surface area (Å²) < 4.78 is 10.8. The first-order valence-electron chi connectivity index (χ1n) is 7.31. The van der Waals surface area contributed by atoms with Crippen LogP contribution in [0.2, 0.25) is 0 Å². The van der Waals surface area contributed by atoms with Gasteiger partial charge in [0.25, 0.3) is 0 Å². The summed E-state index contributed by atoms with van der Waals surface area (Å²) in [4.78, 5) is 2.47. The Balaban J connectivity index is 2.39. The number of piperidine rings is 1. The topological polar surface area (TPSA) is 47.7 Å². The molecule has 1 aromatic rings. The number of hydrogen-bond donors (Lipinski definition) is 1. The zero-order valence-electron chi connectivity index (χ0n) is 12.9. The van der Waals surface area contributed by atoms with Crippen molar-refractivity contribution in [3.05, 3.63) is 23.8 Å². The van der Waals surface area contributed by atoms with Gasteiger partial charge in [-0.25, -0.2) is 0 Å². The maximum atomic E-state index is 6.40. The number of methoxy groups -OCH3 is 2. The van der Waals surface area contributed by atoms with E-state index in [-0.39, 0.29) is 12.1 Å². The highest BCUT2D eigenvalue weighted by molar-refractivity contribution is 5.40. The minimum absolute atomic E-state index is 0.156. The van der Waals surface area contributed by atoms with E-state index in [1.54, 1.807) is 14.2 Å². The highest BCUT2D eigenvalue weighted by atomic mass is 16.5. The molecule has 0 aromatic heterocycles. The van der Waals surface area contributed by atoms with E-state index in [1.165, 1.54) is 5.56 Å². The number of rotatable bonds is 4. The lowest BCUT2D eigenvalue weighted by molar-refractivity contribution is 0.0944. The molecular formula is C16H26N2O2. The lowest BCUT2D eigenvalue weighted by Crippen LogP contribution is -2.48. The highest BCUT2D eigenvalue weighted by Crippen LogP contribution is 2.35. The summed E-state index contributed by atoms with van der Waals surface area (Å²) in [5.41, 5.74) is 7.58. The van der Waals surface area contributed by atoms with Crippen LogP contribution in [0.1, 0.15) is 38.3 Å². The van der Waals surface area contributed by atoms with E-state index in [0.717, 1.165) is 30.9 Å². The van der Waals surface area contributed by atoms with Crippen LogP contribution in [0, 0.1) is 0 Å². The third-order valence-corrected chi connectivity index (χ3v) is 4.10. The number of nitrogens with zero attached hydrogens (tertiary/aromatic N) is 1. The molecule has 1 heterocycles. The molecule has 2 atom stereocenters. The van der Waals surface area contributed by atoms with Crippen LogP contribution in [-0.4, -0.2) is 37.7 Å². The lowest BCUT2D eigenvalue weighted by Gasteiger charge is -2.42. The summed E-state index contributed by atoms with van der Waals surface area (Å²) in [7, 11) is 3.36. The Labute approximate surface area is 121 Å². The van der Waals surface area contributed by atoms with E-state index in [1.807, 2.05) is 6.07 Å². The van der Waals surface area contributed by atoms with Gasteiger partial charge in [0.1, 0.15) is 11.5 Å². The number of hydrogen-bond acceptors (Lipinski definition) is 4. The summed E-state index contributed by atoms with van der Waals surface area (Å²) >= 11 is 0. The van der Waals surface area contributed by atoms with Crippen molar-refractivity contribution in [1.82, 2.24) is 4.90 Å². The van der Waals surface area contributed by atoms with Gasteiger partial charge in [-0.1, -0.05) is 0 Å². The Morgan fingerprint density at radius 3 is 2.25 bits per heavy atom. The van der Waals surface area contributed by atoms with E-state index in [4.69, 9.17) is 15.2 Å². The number of nitrogens with two attached hydrogens (primary N) is 1. The molecule has 112 valence electrons. The Morgan fingerprint density at radius 1 is 1.15 bits per heavy atom. The Hall–Kier alpha value is -1.26. The van der Waals surface area contributed by atoms with Gasteiger partial charge in [0.2, 0.25) is 0 Å². The van der Waals surface area contributed by atoms with Crippen LogP contribution >= 0.6 is 0 Å². The molecule has 0 aliphatic carbocycles. The first kappa shape index (κ1) is 15.1. The molecule has 1 fully saturated rings. The van der Waals surface area contributed by atoms with Crippen LogP contribution in [0.4, 0.5) is 0 Å². The first-order valence-corrected chi connectivity index (χ1v) is 7.31. The van der Waals surface area contributed by atoms with E-state index in [0.29, 0.717) is 6.04 Å². The highest BCUT2D eigenvalue weighted by Gasteiger charge is 2.32. The summed E-state index contributed by atoms with van der Waals surface area (Å²) in [6.07, 6.45) is 2.23. The smallest absolute Gasteiger partial charge is 0.122 e. The molecule has 2 rings (SSSR count). The van der Waals surface area contributed by atoms with Crippen molar-refractivity contribution in [2.45, 2.75) is 44.8 Å². The van der Waals surface area contributed by atoms with Gasteiger partial charge in [0.15, 0.2) is 0 Å². The largest absolute Gasteiger partial charge is 0.497 e. The molecule has 0 amide bonds. The lowest BCUT2D eigenvalue weighted by atomic mass is 9.89. The zero-order chi connectivity index (χ0) is 14.7. The van der Waals surface area contributed by atoms with E-state index in [2.05, 4.69) is 30.9 Å². The van der Waals surface area contributed by atoms with Gasteiger partial charge in [-0.2, -0.15) is 0 Å². The van der Waals surface area contributed by atoms with Crippen molar-refractivity contribution in [3.8, 4) is 11.5 Å². The molecule has 20 heavy (non-hydrogen) atoms. The summed E-state index contributed by atoms with van der Waals surface area (Å²) in [5.74, 6) is 1.64. The van der Waals surface area contributed by atoms with Gasteiger partial charge in [-0.3, -0.25) is 4.90 Å². The third-order valence-electron chi connectivity index (χ3n) is 4.10. The fourth-order valence-corrected chi connectivity index (χ4v) is 3.07. The van der Waals surface area contributed by atoms with Gasteiger partial charge < -0.3 is 15.2 Å². The van der Waals surface area contributed by atoms with Gasteiger partial charge in [-0.05, 0) is 50.9 Å². The average Bonchev–Trinajstić information content (AvgIpc) is 2.46. The predicted octanol–water partition coefficient (Wildman–Crippen LogP) is 2.58. The molecule has 0 radical (unpaired) electrons. The van der Waals surface area contributed by atoms with Gasteiger partial charge in [0.05, 0.1) is 20.3 Å². The van der Waals surface area contributed by atoms with Crippen molar-refractivity contribution in [2.24, 2.45) is 5.73 Å². The maximum Gasteiger partial charge on any atom is 0.122 e. The molecule has 0 bridgehead atoms. The van der Waals surface area contributed by atoms with Gasteiger partial charge >= 0.3 is 0 Å². The molecule has 0 spiro atoms. The number of likely N-dealkylation sites (tertiary alicyclic amines) is 1. The van der Waals surface area contributed by atoms with E-state index < -0.39 is 0 Å². The second kappa shape index (κ2) is 6.46. The monoisotopic (exact) mass is 278 g/mol. The molecule has 2 unspecified atom stereocenters. The van der Waals surface area contributed by atoms with Crippen LogP contribution in [-0.2, 0) is 0 Å². The molecule has 1 aromatic carbocycles. The summed E-state index contributed by atoms with van der Waals surface area (Å²) in [6, 6.07) is 6.92. The summed E-state index contributed by atoms with van der Waals surface area (Å²) in [5, 5.41) is 0. The van der Waals surface area contributed by atoms with Crippen LogP contribution in [0.25, 0.3) is 0 Å². The van der Waals surface area contributed by atoms with Crippen LogP contribution in [0.5, 0.6) is 11.5 Å². The zero-order valence-corrected chi connectivity index (χ0v) is 12.9. The van der Waals surface area contributed by atoms with Crippen LogP contribution in [0.15, 0.2) is 18.2 Å². The Bertz CT molecular complexity index is 426. The van der Waals surface area contributed by atoms with E-state index in [9.17, 15) is 0 Å². The standard InChI is InChI=1S/C16H26N2O2/c1-11(2)18-7-5-6-15(17)16(18)12-8-13(19-3)10-14(9-12)20-4/h8-11,15-16H,5-7,17H2,1-4H3. The second-order valence-electron chi connectivity index (χ2n) is 5.73. The van der Waals surface area contributed by atoms with Crippen molar-refractivity contribution in [3.63, 3.8) is 0 Å². The molecule has 0 saturated carbocycles. The minimum Gasteiger partial charge on any atom is -0.497 e. The fourth-order valence-electron chi connectivity index (χ4n) is 3.07. The first-order chi connectivity index (χ1) is 9.56. The SMILES string of the molecule is COc1cc(OC)cc(C2C(N)CCCN2C(C)C)c1. The second-order valence-corrected chi connectivity index (χ2v) is 5.73. The van der Waals surface area contributed by atoms with E-state index >= 15 is 0 Å². The minimum atomic E-state index is 0.156. The Morgan fingerprint density at radius 2 is 1.75 bits per heavy atom. The summed E-state index contributed by atoms with van der Waals surface area (Å²) in [6.45, 7) is 5.54. The van der Waals surface area contributed by atoms with Crippen molar-refractivity contribution >= 4 is 0 Å². The fraction of sp³-hybridized carbons (Fsp3) is 0.625. The van der Waals surface area contributed by atoms with Crippen molar-refractivity contribution < 1.29 is 9.47 Å². The average molecular weight is 278 g/mol. The number of benzene rings is 1. The molecule has 4 nitrogen and oxygen atoms in total. The number of ether oxygens (including phenoxy) is 2. The maximum absolute atomic E-state index is 6.40. The molecule has 1 saturated heterocycles. The third kappa shape index (κ3) is 3.07. The molecule has 4 heteroatoms. The molecule has 2 N–H and O–H groups in total. The van der Waals surface area contributed by atoms with Crippen molar-refractivity contribution in [2.75, 3.05) is 20.8 Å². The normalized spacial score (nSPS) is 23.9. The Kier molecular flexibility index (Phi) is 4.89. The molecule has 1 aliphatic heterocycles. The van der Waals surface area contributed by atoms with Crippen molar-refractivity contribution in [1.29, 1.82) is 0 Å². The quantitative estimate of drug-likeness (QED) is 0.919. The predicted molar refractivity (Wildman–Crippen MR) is 81.3 cm³/mol. The van der Waals surface area contributed by atoms with Gasteiger partial charge in [0, 0.05) is 18.2 Å². The van der Waals surface area contributed by atoms with Crippen LogP contribution < -0.4 is 15.2 Å².